The Morgan fingerprint density at radius 1 is 0.900 bits per heavy atom. The van der Waals surface area contributed by atoms with Gasteiger partial charge < -0.3 is 14.5 Å². The van der Waals surface area contributed by atoms with Gasteiger partial charge in [-0.1, -0.05) is 49.7 Å². The smallest absolute Gasteiger partial charge is 0.263 e. The molecule has 0 aliphatic carbocycles. The molecule has 2 amide bonds. The topological polar surface area (TPSA) is 49.9 Å². The number of ether oxygens (including phenoxy) is 1. The van der Waals surface area contributed by atoms with Crippen molar-refractivity contribution < 1.29 is 14.3 Å². The number of benzene rings is 2. The van der Waals surface area contributed by atoms with Crippen molar-refractivity contribution in [2.75, 3.05) is 26.2 Å². The fourth-order valence-electron chi connectivity index (χ4n) is 3.59. The molecule has 0 aromatic heterocycles. The number of carbonyl (C=O) groups is 2. The lowest BCUT2D eigenvalue weighted by Crippen LogP contribution is -2.43. The lowest BCUT2D eigenvalue weighted by Gasteiger charge is -2.25. The maximum Gasteiger partial charge on any atom is 0.263 e. The van der Waals surface area contributed by atoms with Crippen LogP contribution in [0.5, 0.6) is 5.75 Å². The molecule has 3 rings (SSSR count). The van der Waals surface area contributed by atoms with E-state index in [0.717, 1.165) is 6.42 Å². The predicted molar refractivity (Wildman–Crippen MR) is 119 cm³/mol. The van der Waals surface area contributed by atoms with E-state index in [4.69, 9.17) is 16.3 Å². The van der Waals surface area contributed by atoms with E-state index >= 15 is 0 Å². The molecule has 0 saturated carbocycles. The molecular formula is C24H29ClN2O3. The zero-order valence-electron chi connectivity index (χ0n) is 17.8. The van der Waals surface area contributed by atoms with Gasteiger partial charge in [0.25, 0.3) is 11.8 Å². The van der Waals surface area contributed by atoms with Gasteiger partial charge in [-0.25, -0.2) is 0 Å². The van der Waals surface area contributed by atoms with Crippen molar-refractivity contribution in [1.82, 2.24) is 9.80 Å². The molecule has 1 heterocycles. The molecule has 0 radical (unpaired) electrons. The summed E-state index contributed by atoms with van der Waals surface area (Å²) in [5, 5.41) is 0.449. The zero-order chi connectivity index (χ0) is 21.7. The van der Waals surface area contributed by atoms with Crippen molar-refractivity contribution >= 4 is 23.4 Å². The number of hydrogen-bond donors (Lipinski definition) is 0. The van der Waals surface area contributed by atoms with Crippen molar-refractivity contribution in [2.45, 2.75) is 39.2 Å². The van der Waals surface area contributed by atoms with Gasteiger partial charge in [-0.2, -0.15) is 0 Å². The summed E-state index contributed by atoms with van der Waals surface area (Å²) in [6.45, 7) is 8.21. The van der Waals surface area contributed by atoms with Gasteiger partial charge in [0.15, 0.2) is 6.10 Å². The van der Waals surface area contributed by atoms with Crippen molar-refractivity contribution in [2.24, 2.45) is 0 Å². The Labute approximate surface area is 183 Å². The first-order valence-electron chi connectivity index (χ1n) is 10.5. The monoisotopic (exact) mass is 428 g/mol. The quantitative estimate of drug-likeness (QED) is 0.699. The number of carbonyl (C=O) groups excluding carboxylic acids is 2. The molecule has 2 aromatic carbocycles. The molecule has 0 N–H and O–H groups in total. The summed E-state index contributed by atoms with van der Waals surface area (Å²) in [7, 11) is 0. The van der Waals surface area contributed by atoms with Crippen LogP contribution in [0.15, 0.2) is 48.5 Å². The van der Waals surface area contributed by atoms with Gasteiger partial charge in [0.1, 0.15) is 5.75 Å². The fourth-order valence-corrected chi connectivity index (χ4v) is 3.81. The highest BCUT2D eigenvalue weighted by Gasteiger charge is 2.27. The van der Waals surface area contributed by atoms with E-state index < -0.39 is 6.10 Å². The van der Waals surface area contributed by atoms with E-state index in [2.05, 4.69) is 13.8 Å². The number of amides is 2. The second-order valence-electron chi connectivity index (χ2n) is 7.93. The summed E-state index contributed by atoms with van der Waals surface area (Å²) in [6.07, 6.45) is 0.137. The molecule has 6 heteroatoms. The average molecular weight is 429 g/mol. The summed E-state index contributed by atoms with van der Waals surface area (Å²) < 4.78 is 5.88. The molecule has 1 aliphatic rings. The van der Waals surface area contributed by atoms with Gasteiger partial charge >= 0.3 is 0 Å². The second kappa shape index (κ2) is 9.98. The molecule has 5 nitrogen and oxygen atoms in total. The van der Waals surface area contributed by atoms with Crippen LogP contribution in [0.3, 0.4) is 0 Å². The maximum atomic E-state index is 12.9. The number of nitrogens with zero attached hydrogens (tertiary/aromatic N) is 2. The number of halogens is 1. The van der Waals surface area contributed by atoms with Crippen LogP contribution in [0, 0.1) is 0 Å². The first-order valence-corrected chi connectivity index (χ1v) is 10.8. The third-order valence-electron chi connectivity index (χ3n) is 5.41. The first-order chi connectivity index (χ1) is 14.4. The molecule has 1 unspecified atom stereocenters. The minimum absolute atomic E-state index is 0.0602. The molecule has 0 spiro atoms. The molecule has 1 atom stereocenters. The van der Waals surface area contributed by atoms with Crippen LogP contribution in [-0.4, -0.2) is 53.9 Å². The SMILES string of the molecule is CC(Oc1ccc(C(C)C)cc1)C(=O)N1CCCN(C(=O)c2ccccc2Cl)CC1. The molecular weight excluding hydrogens is 400 g/mol. The molecule has 1 fully saturated rings. The molecule has 1 aliphatic heterocycles. The van der Waals surface area contributed by atoms with Crippen molar-refractivity contribution in [3.05, 3.63) is 64.7 Å². The standard InChI is InChI=1S/C24H29ClN2O3/c1-17(2)19-9-11-20(12-10-19)30-18(3)23(28)26-13-6-14-27(16-15-26)24(29)21-7-4-5-8-22(21)25/h4-5,7-12,17-18H,6,13-16H2,1-3H3. The molecule has 30 heavy (non-hydrogen) atoms. The highest BCUT2D eigenvalue weighted by molar-refractivity contribution is 6.33. The Kier molecular flexibility index (Phi) is 7.38. The van der Waals surface area contributed by atoms with E-state index in [-0.39, 0.29) is 11.8 Å². The van der Waals surface area contributed by atoms with Gasteiger partial charge in [-0.05, 0) is 49.1 Å². The number of hydrogen-bond acceptors (Lipinski definition) is 3. The zero-order valence-corrected chi connectivity index (χ0v) is 18.6. The van der Waals surface area contributed by atoms with Crippen LogP contribution in [0.4, 0.5) is 0 Å². The summed E-state index contributed by atoms with van der Waals surface area (Å²) in [5.41, 5.74) is 1.73. The first kappa shape index (κ1) is 22.2. The lowest BCUT2D eigenvalue weighted by atomic mass is 10.0. The largest absolute Gasteiger partial charge is 0.481 e. The van der Waals surface area contributed by atoms with Crippen LogP contribution in [-0.2, 0) is 4.79 Å². The maximum absolute atomic E-state index is 12.9. The summed E-state index contributed by atoms with van der Waals surface area (Å²) in [6, 6.07) is 14.9. The highest BCUT2D eigenvalue weighted by atomic mass is 35.5. The van der Waals surface area contributed by atoms with Gasteiger partial charge in [-0.3, -0.25) is 9.59 Å². The average Bonchev–Trinajstić information content (AvgIpc) is 2.99. The van der Waals surface area contributed by atoms with Gasteiger partial charge in [0.05, 0.1) is 10.6 Å². The molecule has 1 saturated heterocycles. The molecule has 2 aromatic rings. The molecule has 160 valence electrons. The Hall–Kier alpha value is -2.53. The Morgan fingerprint density at radius 3 is 2.20 bits per heavy atom. The minimum atomic E-state index is -0.583. The van der Waals surface area contributed by atoms with Gasteiger partial charge in [0.2, 0.25) is 0 Å². The van der Waals surface area contributed by atoms with Crippen LogP contribution in [0.2, 0.25) is 5.02 Å². The Morgan fingerprint density at radius 2 is 1.53 bits per heavy atom. The van der Waals surface area contributed by atoms with E-state index in [1.54, 1.807) is 41.0 Å². The summed E-state index contributed by atoms with van der Waals surface area (Å²) in [5.74, 6) is 0.983. The van der Waals surface area contributed by atoms with Gasteiger partial charge in [0, 0.05) is 26.2 Å². The summed E-state index contributed by atoms with van der Waals surface area (Å²) in [4.78, 5) is 29.3. The van der Waals surface area contributed by atoms with E-state index in [1.165, 1.54) is 5.56 Å². The lowest BCUT2D eigenvalue weighted by molar-refractivity contribution is -0.137. The Balaban J connectivity index is 1.58. The molecule has 0 bridgehead atoms. The normalized spacial score (nSPS) is 15.6. The number of rotatable bonds is 5. The van der Waals surface area contributed by atoms with Crippen molar-refractivity contribution in [1.29, 1.82) is 0 Å². The van der Waals surface area contributed by atoms with E-state index in [0.29, 0.717) is 48.4 Å². The summed E-state index contributed by atoms with van der Waals surface area (Å²) >= 11 is 6.18. The van der Waals surface area contributed by atoms with Gasteiger partial charge in [-0.15, -0.1) is 0 Å². The highest BCUT2D eigenvalue weighted by Crippen LogP contribution is 2.21. The van der Waals surface area contributed by atoms with Crippen LogP contribution < -0.4 is 4.74 Å². The van der Waals surface area contributed by atoms with Crippen LogP contribution in [0.25, 0.3) is 0 Å². The predicted octanol–water partition coefficient (Wildman–Crippen LogP) is 4.61. The Bertz CT molecular complexity index is 882. The second-order valence-corrected chi connectivity index (χ2v) is 8.34. The fraction of sp³-hybridized carbons (Fsp3) is 0.417. The third kappa shape index (κ3) is 5.33. The van der Waals surface area contributed by atoms with E-state index in [9.17, 15) is 9.59 Å². The van der Waals surface area contributed by atoms with Crippen molar-refractivity contribution in [3.63, 3.8) is 0 Å². The van der Waals surface area contributed by atoms with E-state index in [1.807, 2.05) is 24.3 Å². The third-order valence-corrected chi connectivity index (χ3v) is 5.74. The van der Waals surface area contributed by atoms with Crippen LogP contribution >= 0.6 is 11.6 Å². The van der Waals surface area contributed by atoms with Crippen molar-refractivity contribution in [3.8, 4) is 5.75 Å². The van der Waals surface area contributed by atoms with Crippen LogP contribution in [0.1, 0.15) is 49.0 Å². The minimum Gasteiger partial charge on any atom is -0.481 e.